The molecule has 38 nitrogen and oxygen atoms in total. The van der Waals surface area contributed by atoms with Crippen molar-refractivity contribution in [3.8, 4) is 0 Å². The molecule has 0 bridgehead atoms. The van der Waals surface area contributed by atoms with Gasteiger partial charge >= 0.3 is 17.9 Å². The summed E-state index contributed by atoms with van der Waals surface area (Å²) in [6.07, 6.45) is -62.1. The minimum Gasteiger partial charge on any atom is -0.469 e. The molecule has 610 valence electrons. The van der Waals surface area contributed by atoms with E-state index in [2.05, 4.69) is 4.74 Å². The number of carbonyl (C=O) groups excluding carboxylic acids is 3. The molecule has 38 heteroatoms. The number of carbonyl (C=O) groups is 3. The molecular weight excluding hydrogens is 1410 g/mol. The van der Waals surface area contributed by atoms with Crippen LogP contribution in [0.15, 0.2) is 11.6 Å². The minimum absolute atomic E-state index is 0.0812. The lowest BCUT2D eigenvalue weighted by Gasteiger charge is -2.51. The van der Waals surface area contributed by atoms with Crippen molar-refractivity contribution >= 4 is 17.9 Å². The standard InChI is InChI=1S/C67H114O38/c1-11-18-33(20-17-15-13-14-16-19-32(72)21-37(73)89-10)94-65-56(43(79)39(75)29(7)91-65)105-67-58(45(81)41(77)35(23-69)96-67)104-64-50(86)55(52(31(9)93-64)100-62-48(84)46(82)53(36(24-70)97-62)99-60(88)26(4)27(5)71)102-66-57(44(80)40(76)34(22-68)95-66)103-63-49(85)54(51(30(8)92-63)98-59(87)25(3)12-2)101-61-47(83)42(78)38(74)28(6)90-61/h12,26-36,38-58,61-72,74-86H,11,13-24H2,1-10H3/b25-12+/t26-,27-,28+,29-,30-,31+,32+,33+,34-,35-,36-,38+,39+,40-,41-,42-,43+,44+,45+,46-,47-,48-,49-,50-,51-,52+,53-,54-,55+,56-,57-,58-,61+,62+,63+,64+,65+,66+,67+/m1/s1. The van der Waals surface area contributed by atoms with Gasteiger partial charge in [-0.2, -0.15) is 0 Å². The summed E-state index contributed by atoms with van der Waals surface area (Å²) in [5.41, 5.74) is 0.0812. The molecule has 0 spiro atoms. The Balaban J connectivity index is 1.22. The van der Waals surface area contributed by atoms with Crippen molar-refractivity contribution in [2.45, 2.75) is 360 Å². The lowest BCUT2D eigenvalue weighted by molar-refractivity contribution is -0.416. The Bertz CT molecular complexity index is 2650. The average Bonchev–Trinajstić information content (AvgIpc) is 0.758. The van der Waals surface area contributed by atoms with Crippen molar-refractivity contribution in [2.24, 2.45) is 5.92 Å². The Kier molecular flexibility index (Phi) is 34.7. The van der Waals surface area contributed by atoms with E-state index in [1.54, 1.807) is 0 Å². The van der Waals surface area contributed by atoms with Crippen molar-refractivity contribution in [2.75, 3.05) is 26.9 Å². The molecule has 0 unspecified atom stereocenters. The van der Waals surface area contributed by atoms with Gasteiger partial charge in [0.05, 0.1) is 82.0 Å². The van der Waals surface area contributed by atoms with E-state index in [4.69, 9.17) is 75.8 Å². The van der Waals surface area contributed by atoms with E-state index in [1.165, 1.54) is 68.6 Å². The number of ether oxygens (including phenoxy) is 17. The third-order valence-corrected chi connectivity index (χ3v) is 20.3. The molecule has 7 rings (SSSR count). The summed E-state index contributed by atoms with van der Waals surface area (Å²) in [7, 11) is 1.24. The van der Waals surface area contributed by atoms with Crippen LogP contribution in [0.1, 0.15) is 127 Å². The maximum absolute atomic E-state index is 13.4. The Morgan fingerprint density at radius 2 is 0.819 bits per heavy atom. The van der Waals surface area contributed by atoms with Gasteiger partial charge in [-0.1, -0.05) is 51.5 Å². The normalized spacial score (nSPS) is 44.0. The van der Waals surface area contributed by atoms with Crippen molar-refractivity contribution in [3.05, 3.63) is 11.6 Å². The van der Waals surface area contributed by atoms with E-state index < -0.39 is 277 Å². The molecule has 105 heavy (non-hydrogen) atoms. The van der Waals surface area contributed by atoms with Crippen LogP contribution in [-0.2, 0) is 94.9 Å². The van der Waals surface area contributed by atoms with Crippen LogP contribution in [0.2, 0.25) is 0 Å². The predicted molar refractivity (Wildman–Crippen MR) is 347 cm³/mol. The molecule has 7 aliphatic heterocycles. The van der Waals surface area contributed by atoms with Crippen molar-refractivity contribution < 1.29 is 187 Å². The summed E-state index contributed by atoms with van der Waals surface area (Å²) in [5.74, 6) is -3.70. The van der Waals surface area contributed by atoms with Crippen LogP contribution in [0.4, 0.5) is 0 Å². The number of hydrogen-bond donors (Lipinski definition) is 18. The summed E-state index contributed by atoms with van der Waals surface area (Å²) in [6, 6.07) is 0. The van der Waals surface area contributed by atoms with Gasteiger partial charge in [0.15, 0.2) is 56.2 Å². The Labute approximate surface area is 607 Å². The summed E-state index contributed by atoms with van der Waals surface area (Å²) < 4.78 is 102. The van der Waals surface area contributed by atoms with Crippen molar-refractivity contribution in [1.82, 2.24) is 0 Å². The van der Waals surface area contributed by atoms with Crippen LogP contribution in [0.25, 0.3) is 0 Å². The molecule has 0 aliphatic carbocycles. The number of methoxy groups -OCH3 is 1. The van der Waals surface area contributed by atoms with E-state index in [0.29, 0.717) is 38.5 Å². The highest BCUT2D eigenvalue weighted by molar-refractivity contribution is 5.87. The summed E-state index contributed by atoms with van der Waals surface area (Å²) in [5, 5.41) is 203. The van der Waals surface area contributed by atoms with Crippen LogP contribution in [0.3, 0.4) is 0 Å². The highest BCUT2D eigenvalue weighted by Gasteiger charge is 2.60. The Morgan fingerprint density at radius 3 is 1.34 bits per heavy atom. The SMILES string of the molecule is C/C=C(\C)C(=O)O[C@H]1[C@H](O[C@@H]2O[C@@H](C)[C@H](O)[C@@H](O)[C@H]2O)[C@@H](O)[C@H](O[C@H]2[C@H](O[C@H]3[C@@H](O)[C@H](O[C@H]4[C@H](O[C@H]5[C@H](O[C@@H](CCC)CCCCCCC[C@H](O)CC(=O)OC)O[C@H](C)[C@H](O)[C@@H]5O)O[C@H](CO)[C@@H](O)[C@@H]4O)O[C@@H](C)[C@@H]3O[C@@H]3O[C@H](CO)[C@@H](OC(=O)[C@H](C)[C@@H](C)O)[C@H](O)[C@H]3O)O[C@H](CO)[C@@H](O)[C@@H]2O)O[C@@H]1C. The largest absolute Gasteiger partial charge is 0.469 e. The molecular formula is C67H114O38. The number of allylic oxidation sites excluding steroid dienone is 1. The third-order valence-electron chi connectivity index (χ3n) is 20.3. The molecule has 0 amide bonds. The molecule has 7 saturated heterocycles. The lowest BCUT2D eigenvalue weighted by atomic mass is 9.95. The molecule has 7 fully saturated rings. The molecule has 0 saturated carbocycles. The first-order valence-electron chi connectivity index (χ1n) is 36.0. The second-order valence-electron chi connectivity index (χ2n) is 28.1. The summed E-state index contributed by atoms with van der Waals surface area (Å²) in [6.45, 7) is 9.80. The topological polar surface area (TPSA) is 572 Å². The molecule has 0 aromatic carbocycles. The van der Waals surface area contributed by atoms with Crippen LogP contribution >= 0.6 is 0 Å². The van der Waals surface area contributed by atoms with Gasteiger partial charge in [0, 0.05) is 5.57 Å². The minimum atomic E-state index is -2.40. The summed E-state index contributed by atoms with van der Waals surface area (Å²) >= 11 is 0. The van der Waals surface area contributed by atoms with Gasteiger partial charge in [-0.05, 0) is 74.7 Å². The zero-order valence-electron chi connectivity index (χ0n) is 60.5. The average molecular weight is 1530 g/mol. The van der Waals surface area contributed by atoms with Crippen LogP contribution in [0, 0.1) is 5.92 Å². The number of rotatable bonds is 34. The molecule has 18 N–H and O–H groups in total. The second-order valence-corrected chi connectivity index (χ2v) is 28.1. The monoisotopic (exact) mass is 1530 g/mol. The second kappa shape index (κ2) is 40.9. The predicted octanol–water partition coefficient (Wildman–Crippen LogP) is -6.23. The van der Waals surface area contributed by atoms with E-state index in [-0.39, 0.29) is 12.0 Å². The fourth-order valence-electron chi connectivity index (χ4n) is 13.3. The first kappa shape index (κ1) is 89.1. The number of aliphatic hydroxyl groups excluding tert-OH is 18. The molecule has 0 aromatic heterocycles. The van der Waals surface area contributed by atoms with Gasteiger partial charge in [0.2, 0.25) is 0 Å². The lowest BCUT2D eigenvalue weighted by Crippen LogP contribution is -2.69. The maximum Gasteiger partial charge on any atom is 0.333 e. The van der Waals surface area contributed by atoms with E-state index in [0.717, 1.165) is 19.3 Å². The molecule has 0 radical (unpaired) electrons. The van der Waals surface area contributed by atoms with Crippen molar-refractivity contribution in [1.29, 1.82) is 0 Å². The van der Waals surface area contributed by atoms with Crippen molar-refractivity contribution in [3.63, 3.8) is 0 Å². The summed E-state index contributed by atoms with van der Waals surface area (Å²) in [4.78, 5) is 38.0. The van der Waals surface area contributed by atoms with E-state index in [1.807, 2.05) is 6.92 Å². The van der Waals surface area contributed by atoms with Gasteiger partial charge in [0.25, 0.3) is 0 Å². The van der Waals surface area contributed by atoms with E-state index in [9.17, 15) is 106 Å². The van der Waals surface area contributed by atoms with Gasteiger partial charge in [-0.3, -0.25) is 9.59 Å². The van der Waals surface area contributed by atoms with Crippen LogP contribution in [-0.4, -0.2) is 370 Å². The quantitative estimate of drug-likeness (QED) is 0.0123. The number of unbranched alkanes of at least 4 members (excludes halogenated alkanes) is 4. The highest BCUT2D eigenvalue weighted by atomic mass is 16.8. The molecule has 7 aliphatic rings. The molecule has 39 atom stereocenters. The van der Waals surface area contributed by atoms with Crippen LogP contribution in [0.5, 0.6) is 0 Å². The van der Waals surface area contributed by atoms with Gasteiger partial charge < -0.3 is 172 Å². The number of aliphatic hydroxyl groups is 18. The fraction of sp³-hybridized carbons (Fsp3) is 0.925. The van der Waals surface area contributed by atoms with Gasteiger partial charge in [0.1, 0.15) is 134 Å². The zero-order valence-corrected chi connectivity index (χ0v) is 60.5. The van der Waals surface area contributed by atoms with Gasteiger partial charge in [-0.25, -0.2) is 4.79 Å². The van der Waals surface area contributed by atoms with E-state index >= 15 is 0 Å². The van der Waals surface area contributed by atoms with Gasteiger partial charge in [-0.15, -0.1) is 0 Å². The number of hydrogen-bond acceptors (Lipinski definition) is 38. The zero-order chi connectivity index (χ0) is 77.7. The van der Waals surface area contributed by atoms with Crippen LogP contribution < -0.4 is 0 Å². The first-order chi connectivity index (χ1) is 49.7. The Morgan fingerprint density at radius 1 is 0.419 bits per heavy atom. The Hall–Kier alpha value is -3.13. The molecule has 7 heterocycles. The smallest absolute Gasteiger partial charge is 0.333 e. The fourth-order valence-corrected chi connectivity index (χ4v) is 13.3. The molecule has 0 aromatic rings. The number of esters is 3. The maximum atomic E-state index is 13.4. The third kappa shape index (κ3) is 22.0. The highest BCUT2D eigenvalue weighted by Crippen LogP contribution is 2.41. The first-order valence-corrected chi connectivity index (χ1v) is 36.0.